The van der Waals surface area contributed by atoms with Crippen LogP contribution in [-0.4, -0.2) is 35.3 Å². The molecule has 0 aliphatic carbocycles. The first-order chi connectivity index (χ1) is 21.4. The lowest BCUT2D eigenvalue weighted by Gasteiger charge is -2.26. The molecular weight excluding hydrogens is 580 g/mol. The fourth-order valence-corrected chi connectivity index (χ4v) is 6.07. The van der Waals surface area contributed by atoms with Gasteiger partial charge in [0.2, 0.25) is 0 Å². The molecule has 0 saturated heterocycles. The van der Waals surface area contributed by atoms with Gasteiger partial charge in [0.1, 0.15) is 17.3 Å². The fraction of sp³-hybridized carbons (Fsp3) is 0.118. The molecule has 0 fully saturated rings. The van der Waals surface area contributed by atoms with E-state index in [9.17, 15) is 19.5 Å². The van der Waals surface area contributed by atoms with E-state index in [4.69, 9.17) is 18.9 Å². The fourth-order valence-electron chi connectivity index (χ4n) is 5.09. The number of furan rings is 1. The van der Waals surface area contributed by atoms with Crippen LogP contribution < -0.4 is 19.6 Å². The Morgan fingerprint density at radius 1 is 1.00 bits per heavy atom. The number of ether oxygens (including phenoxy) is 2. The molecule has 220 valence electrons. The van der Waals surface area contributed by atoms with Gasteiger partial charge in [-0.15, -0.1) is 0 Å². The minimum atomic E-state index is -1.04. The first-order valence-corrected chi connectivity index (χ1v) is 14.6. The molecule has 6 rings (SSSR count). The molecule has 1 unspecified atom stereocenters. The van der Waals surface area contributed by atoms with Crippen molar-refractivity contribution >= 4 is 35.0 Å². The topological polar surface area (TPSA) is 120 Å². The number of thiazole rings is 1. The summed E-state index contributed by atoms with van der Waals surface area (Å²) in [6.07, 6.45) is 1.62. The van der Waals surface area contributed by atoms with Gasteiger partial charge in [-0.05, 0) is 48.9 Å². The van der Waals surface area contributed by atoms with Crippen LogP contribution in [0.1, 0.15) is 40.2 Å². The predicted molar refractivity (Wildman–Crippen MR) is 165 cm³/mol. The summed E-state index contributed by atoms with van der Waals surface area (Å²) in [5.74, 6) is -0.186. The standard InChI is InChI=1S/C34H26N2O7S/c1-3-42-33(40)28-29(20-9-5-4-6-10-20)35-34-36(30(28)22-12-8-14-24(18-22)41-2)31(37)27(44-34)19-25-15-16-26(43-25)21-11-7-13-23(17-21)32(38)39/h4-19,30H,3H2,1-2H3,(H,38,39)/b27-19+. The lowest BCUT2D eigenvalue weighted by atomic mass is 9.93. The van der Waals surface area contributed by atoms with Crippen molar-refractivity contribution < 1.29 is 28.6 Å². The SMILES string of the molecule is CCOC(=O)C1=C(c2ccccc2)N=c2s/c(=C/c3ccc(-c4cccc(C(=O)O)c4)o3)c(=O)n2C1c1cccc(OC)c1. The molecule has 3 heterocycles. The number of esters is 1. The number of hydrogen-bond acceptors (Lipinski definition) is 8. The number of benzene rings is 3. The maximum absolute atomic E-state index is 14.1. The van der Waals surface area contributed by atoms with Crippen molar-refractivity contribution in [3.63, 3.8) is 0 Å². The zero-order chi connectivity index (χ0) is 30.8. The van der Waals surface area contributed by atoms with Crippen molar-refractivity contribution in [1.82, 2.24) is 4.57 Å². The Bertz CT molecular complexity index is 2100. The Balaban J connectivity index is 1.55. The van der Waals surface area contributed by atoms with E-state index in [0.29, 0.717) is 49.0 Å². The molecule has 2 aromatic heterocycles. The van der Waals surface area contributed by atoms with Gasteiger partial charge in [0.25, 0.3) is 5.56 Å². The van der Waals surface area contributed by atoms with Crippen molar-refractivity contribution in [2.45, 2.75) is 13.0 Å². The maximum Gasteiger partial charge on any atom is 0.338 e. The molecule has 3 aromatic carbocycles. The van der Waals surface area contributed by atoms with E-state index in [2.05, 4.69) is 0 Å². The van der Waals surface area contributed by atoms with Crippen LogP contribution >= 0.6 is 11.3 Å². The molecule has 9 nitrogen and oxygen atoms in total. The second kappa shape index (κ2) is 12.0. The number of carbonyl (C=O) groups excluding carboxylic acids is 1. The van der Waals surface area contributed by atoms with Crippen LogP contribution in [0.25, 0.3) is 23.1 Å². The molecule has 0 bridgehead atoms. The van der Waals surface area contributed by atoms with Crippen LogP contribution in [0.4, 0.5) is 0 Å². The van der Waals surface area contributed by atoms with Crippen molar-refractivity contribution in [2.75, 3.05) is 13.7 Å². The van der Waals surface area contributed by atoms with Crippen molar-refractivity contribution in [3.05, 3.63) is 139 Å². The third kappa shape index (κ3) is 5.38. The van der Waals surface area contributed by atoms with E-state index in [0.717, 1.165) is 0 Å². The molecule has 0 radical (unpaired) electrons. The van der Waals surface area contributed by atoms with Crippen LogP contribution in [0, 0.1) is 0 Å². The highest BCUT2D eigenvalue weighted by Crippen LogP contribution is 2.36. The van der Waals surface area contributed by atoms with E-state index in [-0.39, 0.29) is 23.3 Å². The van der Waals surface area contributed by atoms with Gasteiger partial charge < -0.3 is 19.0 Å². The number of rotatable bonds is 8. The summed E-state index contributed by atoms with van der Waals surface area (Å²) >= 11 is 1.18. The van der Waals surface area contributed by atoms with E-state index in [1.165, 1.54) is 28.0 Å². The molecule has 1 N–H and O–H groups in total. The van der Waals surface area contributed by atoms with E-state index in [1.807, 2.05) is 36.4 Å². The summed E-state index contributed by atoms with van der Waals surface area (Å²) in [6, 6.07) is 25.5. The summed E-state index contributed by atoms with van der Waals surface area (Å²) in [5, 5.41) is 9.35. The molecule has 0 saturated carbocycles. The molecule has 1 aliphatic rings. The maximum atomic E-state index is 14.1. The Morgan fingerprint density at radius 2 is 1.77 bits per heavy atom. The minimum Gasteiger partial charge on any atom is -0.497 e. The van der Waals surface area contributed by atoms with Crippen molar-refractivity contribution in [2.24, 2.45) is 4.99 Å². The van der Waals surface area contributed by atoms with E-state index >= 15 is 0 Å². The molecule has 44 heavy (non-hydrogen) atoms. The normalized spacial score (nSPS) is 14.6. The molecule has 5 aromatic rings. The van der Waals surface area contributed by atoms with Gasteiger partial charge in [-0.2, -0.15) is 0 Å². The van der Waals surface area contributed by atoms with Crippen LogP contribution in [0.15, 0.2) is 111 Å². The first-order valence-electron chi connectivity index (χ1n) is 13.7. The number of aromatic carboxylic acids is 1. The molecule has 0 spiro atoms. The number of methoxy groups -OCH3 is 1. The second-order valence-corrected chi connectivity index (χ2v) is 10.8. The Morgan fingerprint density at radius 3 is 2.52 bits per heavy atom. The van der Waals surface area contributed by atoms with Gasteiger partial charge >= 0.3 is 11.9 Å². The molecule has 1 atom stereocenters. The Labute approximate surface area is 255 Å². The zero-order valence-electron chi connectivity index (χ0n) is 23.7. The quantitative estimate of drug-likeness (QED) is 0.250. The summed E-state index contributed by atoms with van der Waals surface area (Å²) in [4.78, 5) is 44.4. The van der Waals surface area contributed by atoms with Gasteiger partial charge in [0, 0.05) is 17.2 Å². The van der Waals surface area contributed by atoms with E-state index < -0.39 is 18.0 Å². The van der Waals surface area contributed by atoms with Crippen LogP contribution in [0.5, 0.6) is 5.75 Å². The number of carboxylic acids is 1. The van der Waals surface area contributed by atoms with Gasteiger partial charge in [-0.3, -0.25) is 9.36 Å². The lowest BCUT2D eigenvalue weighted by Crippen LogP contribution is -2.40. The van der Waals surface area contributed by atoms with Crippen LogP contribution in [0.2, 0.25) is 0 Å². The highest BCUT2D eigenvalue weighted by atomic mass is 32.1. The Kier molecular flexibility index (Phi) is 7.82. The van der Waals surface area contributed by atoms with Gasteiger partial charge in [-0.1, -0.05) is 65.9 Å². The molecule has 1 aliphatic heterocycles. The largest absolute Gasteiger partial charge is 0.497 e. The number of carbonyl (C=O) groups is 2. The molecule has 10 heteroatoms. The van der Waals surface area contributed by atoms with Crippen LogP contribution in [0.3, 0.4) is 0 Å². The summed E-state index contributed by atoms with van der Waals surface area (Å²) in [6.45, 7) is 1.88. The number of hydrogen-bond donors (Lipinski definition) is 1. The van der Waals surface area contributed by atoms with Gasteiger partial charge in [-0.25, -0.2) is 14.6 Å². The number of fused-ring (bicyclic) bond motifs is 1. The monoisotopic (exact) mass is 606 g/mol. The lowest BCUT2D eigenvalue weighted by molar-refractivity contribution is -0.138. The highest BCUT2D eigenvalue weighted by Gasteiger charge is 2.35. The molecule has 0 amide bonds. The second-order valence-electron chi connectivity index (χ2n) is 9.80. The van der Waals surface area contributed by atoms with E-state index in [1.54, 1.807) is 62.6 Å². The predicted octanol–water partition coefficient (Wildman–Crippen LogP) is 4.90. The number of nitrogens with zero attached hydrogens (tertiary/aromatic N) is 2. The zero-order valence-corrected chi connectivity index (χ0v) is 24.5. The average Bonchev–Trinajstić information content (AvgIpc) is 3.64. The van der Waals surface area contributed by atoms with Crippen molar-refractivity contribution in [3.8, 4) is 17.1 Å². The summed E-state index contributed by atoms with van der Waals surface area (Å²) < 4.78 is 18.8. The van der Waals surface area contributed by atoms with Crippen LogP contribution in [-0.2, 0) is 9.53 Å². The number of carboxylic acid groups (broad SMARTS) is 1. The average molecular weight is 607 g/mol. The Hall–Kier alpha value is -5.48. The minimum absolute atomic E-state index is 0.137. The smallest absolute Gasteiger partial charge is 0.338 e. The highest BCUT2D eigenvalue weighted by molar-refractivity contribution is 7.07. The van der Waals surface area contributed by atoms with Gasteiger partial charge in [0.15, 0.2) is 4.80 Å². The van der Waals surface area contributed by atoms with Gasteiger partial charge in [0.05, 0.1) is 41.1 Å². The third-order valence-electron chi connectivity index (χ3n) is 7.08. The summed E-state index contributed by atoms with van der Waals surface area (Å²) in [5.41, 5.74) is 2.39. The number of aromatic nitrogens is 1. The van der Waals surface area contributed by atoms with Crippen molar-refractivity contribution in [1.29, 1.82) is 0 Å². The first kappa shape index (κ1) is 28.6. The summed E-state index contributed by atoms with van der Waals surface area (Å²) in [7, 11) is 1.55. The third-order valence-corrected chi connectivity index (χ3v) is 8.06. The molecular formula is C34H26N2O7S.